The highest BCUT2D eigenvalue weighted by atomic mass is 35.5. The van der Waals surface area contributed by atoms with Gasteiger partial charge in [0, 0.05) is 24.5 Å². The highest BCUT2D eigenvalue weighted by molar-refractivity contribution is 7.92. The van der Waals surface area contributed by atoms with Gasteiger partial charge in [-0.05, 0) is 48.2 Å². The number of nitrogens with one attached hydrogen (secondary N) is 1. The molecule has 1 atom stereocenters. The number of carbonyl (C=O) groups excluding carboxylic acids is 2. The summed E-state index contributed by atoms with van der Waals surface area (Å²) in [4.78, 5) is 29.0. The maximum absolute atomic E-state index is 14.0. The monoisotopic (exact) mass is 555 g/mol. The van der Waals surface area contributed by atoms with Crippen molar-refractivity contribution in [2.75, 3.05) is 23.7 Å². The van der Waals surface area contributed by atoms with Crippen LogP contribution in [0.25, 0.3) is 0 Å². The summed E-state index contributed by atoms with van der Waals surface area (Å²) in [5.74, 6) is -0.780. The van der Waals surface area contributed by atoms with Crippen molar-refractivity contribution in [2.24, 2.45) is 0 Å². The standard InChI is InChI=1S/C29H34ClN3O4S/c1-4-17-31-29(35)27(18-23-12-6-5-7-13-23)32(20-24-14-9-8-11-22(24)2)28(34)21-33(38(3,36)37)26-16-10-15-25(30)19-26/h5-16,19,27H,4,17-18,20-21H2,1-3H3,(H,31,35). The molecule has 0 aromatic heterocycles. The Bertz CT molecular complexity index is 1350. The van der Waals surface area contributed by atoms with Gasteiger partial charge in [0.2, 0.25) is 21.8 Å². The SMILES string of the molecule is CCCNC(=O)C(Cc1ccccc1)N(Cc1ccccc1C)C(=O)CN(c1cccc(Cl)c1)S(C)(=O)=O. The van der Waals surface area contributed by atoms with E-state index in [0.29, 0.717) is 11.6 Å². The van der Waals surface area contributed by atoms with Crippen molar-refractivity contribution in [2.45, 2.75) is 39.3 Å². The largest absolute Gasteiger partial charge is 0.354 e. The Balaban J connectivity index is 2.05. The van der Waals surface area contributed by atoms with Gasteiger partial charge in [-0.2, -0.15) is 0 Å². The van der Waals surface area contributed by atoms with Crippen LogP contribution in [0.1, 0.15) is 30.0 Å². The van der Waals surface area contributed by atoms with Crippen LogP contribution in [0.5, 0.6) is 0 Å². The predicted molar refractivity (Wildman–Crippen MR) is 153 cm³/mol. The minimum absolute atomic E-state index is 0.149. The molecule has 0 bridgehead atoms. The van der Waals surface area contributed by atoms with Gasteiger partial charge in [-0.25, -0.2) is 8.42 Å². The number of hydrogen-bond acceptors (Lipinski definition) is 4. The summed E-state index contributed by atoms with van der Waals surface area (Å²) in [7, 11) is -3.84. The number of carbonyl (C=O) groups is 2. The number of hydrogen-bond donors (Lipinski definition) is 1. The Morgan fingerprint density at radius 1 is 0.974 bits per heavy atom. The average molecular weight is 556 g/mol. The molecule has 9 heteroatoms. The second-order valence-electron chi connectivity index (χ2n) is 9.19. The lowest BCUT2D eigenvalue weighted by atomic mass is 10.0. The molecule has 0 saturated heterocycles. The van der Waals surface area contributed by atoms with Crippen LogP contribution in [0.4, 0.5) is 5.69 Å². The van der Waals surface area contributed by atoms with Gasteiger partial charge in [0.15, 0.2) is 0 Å². The van der Waals surface area contributed by atoms with Gasteiger partial charge in [-0.1, -0.05) is 79.2 Å². The van der Waals surface area contributed by atoms with Gasteiger partial charge in [0.05, 0.1) is 11.9 Å². The molecule has 0 aliphatic rings. The molecule has 3 aromatic rings. The van der Waals surface area contributed by atoms with Gasteiger partial charge in [0.1, 0.15) is 12.6 Å². The highest BCUT2D eigenvalue weighted by Crippen LogP contribution is 2.23. The van der Waals surface area contributed by atoms with Crippen molar-refractivity contribution in [3.63, 3.8) is 0 Å². The van der Waals surface area contributed by atoms with Crippen LogP contribution < -0.4 is 9.62 Å². The lowest BCUT2D eigenvalue weighted by Gasteiger charge is -2.34. The molecule has 0 saturated carbocycles. The van der Waals surface area contributed by atoms with E-state index in [1.165, 1.54) is 11.0 Å². The van der Waals surface area contributed by atoms with Crippen LogP contribution >= 0.6 is 11.6 Å². The lowest BCUT2D eigenvalue weighted by Crippen LogP contribution is -2.53. The van der Waals surface area contributed by atoms with E-state index >= 15 is 0 Å². The third kappa shape index (κ3) is 8.07. The fourth-order valence-corrected chi connectivity index (χ4v) is 5.16. The molecule has 0 spiro atoms. The fourth-order valence-electron chi connectivity index (χ4n) is 4.14. The van der Waals surface area contributed by atoms with Crippen molar-refractivity contribution < 1.29 is 18.0 Å². The number of nitrogens with zero attached hydrogens (tertiary/aromatic N) is 2. The van der Waals surface area contributed by atoms with E-state index in [9.17, 15) is 18.0 Å². The van der Waals surface area contributed by atoms with Crippen LogP contribution in [0, 0.1) is 6.92 Å². The first-order valence-corrected chi connectivity index (χ1v) is 14.7. The zero-order valence-electron chi connectivity index (χ0n) is 21.9. The normalized spacial score (nSPS) is 12.0. The second-order valence-corrected chi connectivity index (χ2v) is 11.5. The number of sulfonamides is 1. The molecule has 0 aliphatic heterocycles. The first-order chi connectivity index (χ1) is 18.1. The molecule has 0 heterocycles. The summed E-state index contributed by atoms with van der Waals surface area (Å²) in [6.07, 6.45) is 2.07. The maximum atomic E-state index is 14.0. The summed E-state index contributed by atoms with van der Waals surface area (Å²) in [5, 5.41) is 3.28. The first-order valence-electron chi connectivity index (χ1n) is 12.5. The molecule has 38 heavy (non-hydrogen) atoms. The quantitative estimate of drug-likeness (QED) is 0.354. The number of anilines is 1. The van der Waals surface area contributed by atoms with E-state index in [4.69, 9.17) is 11.6 Å². The summed E-state index contributed by atoms with van der Waals surface area (Å²) >= 11 is 6.12. The van der Waals surface area contributed by atoms with E-state index in [1.54, 1.807) is 18.2 Å². The second kappa shape index (κ2) is 13.4. The van der Waals surface area contributed by atoms with Crippen molar-refractivity contribution in [1.82, 2.24) is 10.2 Å². The topological polar surface area (TPSA) is 86.8 Å². The molecule has 3 aromatic carbocycles. The lowest BCUT2D eigenvalue weighted by molar-refractivity contribution is -0.140. The molecule has 1 N–H and O–H groups in total. The number of rotatable bonds is 12. The molecule has 202 valence electrons. The number of amides is 2. The smallest absolute Gasteiger partial charge is 0.244 e. The van der Waals surface area contributed by atoms with Crippen LogP contribution in [0.2, 0.25) is 5.02 Å². The van der Waals surface area contributed by atoms with Gasteiger partial charge in [-0.3, -0.25) is 13.9 Å². The molecule has 7 nitrogen and oxygen atoms in total. The molecular formula is C29H34ClN3O4S. The summed E-state index contributed by atoms with van der Waals surface area (Å²) in [6, 6.07) is 22.6. The Morgan fingerprint density at radius 3 is 2.29 bits per heavy atom. The van der Waals surface area contributed by atoms with Gasteiger partial charge < -0.3 is 10.2 Å². The summed E-state index contributed by atoms with van der Waals surface area (Å²) in [6.45, 7) is 4.04. The molecule has 3 rings (SSSR count). The third-order valence-electron chi connectivity index (χ3n) is 6.20. The Labute approximate surface area is 230 Å². The van der Waals surface area contributed by atoms with Crippen LogP contribution in [-0.4, -0.2) is 50.5 Å². The maximum Gasteiger partial charge on any atom is 0.244 e. The average Bonchev–Trinajstić information content (AvgIpc) is 2.88. The van der Waals surface area contributed by atoms with Crippen LogP contribution in [0.15, 0.2) is 78.9 Å². The molecule has 0 aliphatic carbocycles. The van der Waals surface area contributed by atoms with Crippen molar-refractivity contribution >= 4 is 39.1 Å². The van der Waals surface area contributed by atoms with Gasteiger partial charge >= 0.3 is 0 Å². The van der Waals surface area contributed by atoms with E-state index in [2.05, 4.69) is 5.32 Å². The minimum Gasteiger partial charge on any atom is -0.354 e. The molecule has 0 radical (unpaired) electrons. The molecule has 2 amide bonds. The third-order valence-corrected chi connectivity index (χ3v) is 7.57. The van der Waals surface area contributed by atoms with E-state index in [1.807, 2.05) is 68.4 Å². The van der Waals surface area contributed by atoms with Gasteiger partial charge in [0.25, 0.3) is 0 Å². The molecular weight excluding hydrogens is 522 g/mol. The Kier molecular flexibility index (Phi) is 10.3. The number of benzene rings is 3. The number of halogens is 1. The predicted octanol–water partition coefficient (Wildman–Crippen LogP) is 4.58. The van der Waals surface area contributed by atoms with Crippen molar-refractivity contribution in [1.29, 1.82) is 0 Å². The first kappa shape index (κ1) is 29.2. The zero-order valence-corrected chi connectivity index (χ0v) is 23.5. The Hall–Kier alpha value is -3.36. The van der Waals surface area contributed by atoms with Gasteiger partial charge in [-0.15, -0.1) is 0 Å². The molecule has 0 fully saturated rings. The van der Waals surface area contributed by atoms with Crippen molar-refractivity contribution in [3.05, 3.63) is 101 Å². The van der Waals surface area contributed by atoms with E-state index < -0.39 is 28.5 Å². The Morgan fingerprint density at radius 2 is 1.66 bits per heavy atom. The highest BCUT2D eigenvalue weighted by Gasteiger charge is 2.33. The fraction of sp³-hybridized carbons (Fsp3) is 0.310. The van der Waals surface area contributed by atoms with E-state index in [-0.39, 0.29) is 24.6 Å². The number of aryl methyl sites for hydroxylation is 1. The summed E-state index contributed by atoms with van der Waals surface area (Å²) in [5.41, 5.74) is 3.00. The van der Waals surface area contributed by atoms with Crippen molar-refractivity contribution in [3.8, 4) is 0 Å². The minimum atomic E-state index is -3.84. The summed E-state index contributed by atoms with van der Waals surface area (Å²) < 4.78 is 26.6. The zero-order chi connectivity index (χ0) is 27.7. The van der Waals surface area contributed by atoms with E-state index in [0.717, 1.165) is 33.7 Å². The van der Waals surface area contributed by atoms with Crippen LogP contribution in [0.3, 0.4) is 0 Å². The molecule has 1 unspecified atom stereocenters. The van der Waals surface area contributed by atoms with Crippen LogP contribution in [-0.2, 0) is 32.6 Å².